The van der Waals surface area contributed by atoms with Gasteiger partial charge in [-0.3, -0.25) is 0 Å². The first-order valence-electron chi connectivity index (χ1n) is 27.2. The number of rotatable bonds is 24. The molecule has 6 unspecified atom stereocenters. The van der Waals surface area contributed by atoms with E-state index in [1.54, 1.807) is 19.8 Å². The Kier molecular flexibility index (Phi) is 18.3. The molecule has 374 valence electrons. The highest BCUT2D eigenvalue weighted by molar-refractivity contribution is 5.67. The second kappa shape index (κ2) is 23.9. The molecule has 10 atom stereocenters. The molecule has 2 N–H and O–H groups in total. The lowest BCUT2D eigenvalue weighted by molar-refractivity contribution is -0.0685. The van der Waals surface area contributed by atoms with Crippen LogP contribution >= 0.6 is 0 Å². The van der Waals surface area contributed by atoms with Gasteiger partial charge in [0.25, 0.3) is 0 Å². The van der Waals surface area contributed by atoms with Crippen LogP contribution < -0.4 is 14.8 Å². The lowest BCUT2D eigenvalue weighted by Gasteiger charge is -2.58. The van der Waals surface area contributed by atoms with Gasteiger partial charge in [-0.05, 0) is 158 Å². The molecule has 4 aliphatic rings. The third kappa shape index (κ3) is 11.8. The van der Waals surface area contributed by atoms with Crippen molar-refractivity contribution in [2.24, 2.45) is 46.3 Å². The number of benzene rings is 3. The van der Waals surface area contributed by atoms with Gasteiger partial charge in [-0.25, -0.2) is 4.79 Å². The molecule has 0 aliphatic heterocycles. The summed E-state index contributed by atoms with van der Waals surface area (Å²) in [6.45, 7) is 15.3. The summed E-state index contributed by atoms with van der Waals surface area (Å²) in [7, 11) is 3.36. The van der Waals surface area contributed by atoms with Crippen molar-refractivity contribution in [1.82, 2.24) is 5.32 Å². The maximum absolute atomic E-state index is 13.0. The van der Waals surface area contributed by atoms with Crippen molar-refractivity contribution in [3.8, 4) is 11.5 Å². The molecule has 3 saturated carbocycles. The molecule has 0 aromatic heterocycles. The van der Waals surface area contributed by atoms with E-state index < -0.39 is 11.7 Å². The van der Waals surface area contributed by atoms with Crippen molar-refractivity contribution in [3.63, 3.8) is 0 Å². The summed E-state index contributed by atoms with van der Waals surface area (Å²) in [6, 6.07) is 26.6. The van der Waals surface area contributed by atoms with Crippen LogP contribution in [0.15, 0.2) is 90.5 Å². The Bertz CT molecular complexity index is 1980. The van der Waals surface area contributed by atoms with Gasteiger partial charge in [0.15, 0.2) is 0 Å². The highest BCUT2D eigenvalue weighted by Gasteiger charge is 2.59. The molecule has 7 heteroatoms. The number of carbonyl (C=O) groups excluding carboxylic acids is 1. The van der Waals surface area contributed by atoms with Gasteiger partial charge in [0.2, 0.25) is 0 Å². The van der Waals surface area contributed by atoms with Crippen molar-refractivity contribution < 1.29 is 28.8 Å². The van der Waals surface area contributed by atoms with E-state index in [2.05, 4.69) is 101 Å². The van der Waals surface area contributed by atoms with Crippen molar-refractivity contribution in [3.05, 3.63) is 107 Å². The minimum Gasteiger partial charge on any atom is -0.497 e. The molecular weight excluding hydrogens is 843 g/mol. The SMILES string of the molecule is CCC(CC(O)CCCCCCCNC(=O)OC1CC[C@@]2(C)C(=CCC3C2CC[C@@]2(C)C3CC[C@@H]2[C@H](C)CCCC(C)C)C1)OC(c1ccccc1)(c1ccc(OC)cc1)c1ccc(OC)cc1. The van der Waals surface area contributed by atoms with Crippen LogP contribution in [0.3, 0.4) is 0 Å². The third-order valence-corrected chi connectivity index (χ3v) is 18.0. The Morgan fingerprint density at radius 1 is 0.750 bits per heavy atom. The van der Waals surface area contributed by atoms with E-state index in [9.17, 15) is 9.90 Å². The summed E-state index contributed by atoms with van der Waals surface area (Å²) in [6.07, 6.45) is 22.7. The Labute approximate surface area is 411 Å². The second-order valence-corrected chi connectivity index (χ2v) is 22.6. The zero-order valence-corrected chi connectivity index (χ0v) is 43.4. The average molecular weight is 932 g/mol. The summed E-state index contributed by atoms with van der Waals surface area (Å²) in [5.74, 6) is 6.56. The summed E-state index contributed by atoms with van der Waals surface area (Å²) in [4.78, 5) is 13.0. The molecule has 0 heterocycles. The van der Waals surface area contributed by atoms with E-state index in [4.69, 9.17) is 18.9 Å². The normalized spacial score (nSPS) is 27.0. The van der Waals surface area contributed by atoms with Crippen LogP contribution in [0.5, 0.6) is 11.5 Å². The predicted molar refractivity (Wildman–Crippen MR) is 277 cm³/mol. The first-order chi connectivity index (χ1) is 32.8. The van der Waals surface area contributed by atoms with Gasteiger partial charge in [0.1, 0.15) is 23.2 Å². The number of alkyl carbamates (subject to hydrolysis) is 1. The Balaban J connectivity index is 0.826. The number of methoxy groups -OCH3 is 2. The molecule has 0 spiro atoms. The van der Waals surface area contributed by atoms with Crippen molar-refractivity contribution >= 4 is 6.09 Å². The molecule has 0 bridgehead atoms. The van der Waals surface area contributed by atoms with Crippen molar-refractivity contribution in [1.29, 1.82) is 0 Å². The number of carbonyl (C=O) groups is 1. The number of unbranched alkanes of at least 4 members (excludes halogenated alkanes) is 4. The zero-order valence-electron chi connectivity index (χ0n) is 43.4. The zero-order chi connectivity index (χ0) is 48.3. The lowest BCUT2D eigenvalue weighted by Crippen LogP contribution is -2.51. The van der Waals surface area contributed by atoms with Gasteiger partial charge in [-0.2, -0.15) is 0 Å². The summed E-state index contributed by atoms with van der Waals surface area (Å²) in [5.41, 5.74) is 4.42. The van der Waals surface area contributed by atoms with Crippen LogP contribution in [0, 0.1) is 46.3 Å². The number of hydrogen-bond acceptors (Lipinski definition) is 6. The number of hydrogen-bond donors (Lipinski definition) is 2. The molecule has 3 aromatic rings. The van der Waals surface area contributed by atoms with Crippen LogP contribution in [-0.4, -0.2) is 50.3 Å². The van der Waals surface area contributed by atoms with E-state index in [1.165, 1.54) is 51.4 Å². The number of aliphatic hydroxyl groups excluding tert-OH is 1. The average Bonchev–Trinajstić information content (AvgIpc) is 3.71. The van der Waals surface area contributed by atoms with Crippen LogP contribution in [0.4, 0.5) is 4.79 Å². The van der Waals surface area contributed by atoms with Crippen LogP contribution in [-0.2, 0) is 15.1 Å². The minimum absolute atomic E-state index is 0.0222. The molecular formula is C61H89NO6. The fourth-order valence-electron chi connectivity index (χ4n) is 14.2. The molecule has 3 fully saturated rings. The van der Waals surface area contributed by atoms with Crippen LogP contribution in [0.1, 0.15) is 180 Å². The van der Waals surface area contributed by atoms with Gasteiger partial charge in [0, 0.05) is 13.0 Å². The number of nitrogens with one attached hydrogen (secondary N) is 1. The number of amides is 1. The number of fused-ring (bicyclic) bond motifs is 5. The molecule has 68 heavy (non-hydrogen) atoms. The Morgan fingerprint density at radius 3 is 2.04 bits per heavy atom. The number of allylic oxidation sites excluding steroid dienone is 1. The largest absolute Gasteiger partial charge is 0.497 e. The fourth-order valence-corrected chi connectivity index (χ4v) is 14.2. The van der Waals surface area contributed by atoms with Crippen LogP contribution in [0.25, 0.3) is 0 Å². The van der Waals surface area contributed by atoms with Gasteiger partial charge in [0.05, 0.1) is 26.4 Å². The Morgan fingerprint density at radius 2 is 1.40 bits per heavy atom. The number of ether oxygens (including phenoxy) is 4. The van der Waals surface area contributed by atoms with E-state index in [0.717, 1.165) is 128 Å². The van der Waals surface area contributed by atoms with Gasteiger partial charge < -0.3 is 29.4 Å². The predicted octanol–water partition coefficient (Wildman–Crippen LogP) is 15.0. The number of aliphatic hydroxyl groups is 1. The minimum atomic E-state index is -0.918. The Hall–Kier alpha value is -3.81. The molecule has 0 radical (unpaired) electrons. The highest BCUT2D eigenvalue weighted by atomic mass is 16.6. The molecule has 7 nitrogen and oxygen atoms in total. The maximum atomic E-state index is 13.0. The standard InChI is InChI=1S/C61H89NO6/c1-9-50(68-61(45-21-14-13-15-22-45,46-24-29-51(65-7)30-25-46)47-26-31-52(66-8)32-27-47)42-49(63)23-16-11-10-12-17-40-62-58(64)67-53-36-38-59(5)48(41-53)28-33-54-56-35-34-55(44(4)20-18-19-43(2)3)60(56,6)39-37-57(54)59/h13-15,21-22,24-32,43-44,49-50,53-57,63H,9-12,16-20,23,33-42H2,1-8H3,(H,62,64)/t44-,49?,50?,53?,54?,55-,56?,57?,59+,60-/m1/s1. The molecule has 7 rings (SSSR count). The first kappa shape index (κ1) is 52.0. The van der Waals surface area contributed by atoms with E-state index >= 15 is 0 Å². The quantitative estimate of drug-likeness (QED) is 0.0529. The van der Waals surface area contributed by atoms with E-state index in [0.29, 0.717) is 18.4 Å². The van der Waals surface area contributed by atoms with E-state index in [1.807, 2.05) is 30.3 Å². The molecule has 3 aromatic carbocycles. The molecule has 0 saturated heterocycles. The van der Waals surface area contributed by atoms with Gasteiger partial charge in [-0.1, -0.05) is 153 Å². The van der Waals surface area contributed by atoms with Gasteiger partial charge >= 0.3 is 6.09 Å². The first-order valence-corrected chi connectivity index (χ1v) is 27.2. The van der Waals surface area contributed by atoms with Crippen molar-refractivity contribution in [2.75, 3.05) is 20.8 Å². The maximum Gasteiger partial charge on any atom is 0.407 e. The summed E-state index contributed by atoms with van der Waals surface area (Å²) >= 11 is 0. The topological polar surface area (TPSA) is 86.3 Å². The van der Waals surface area contributed by atoms with Gasteiger partial charge in [-0.15, -0.1) is 0 Å². The summed E-state index contributed by atoms with van der Waals surface area (Å²) in [5, 5.41) is 14.5. The molecule has 4 aliphatic carbocycles. The monoisotopic (exact) mass is 932 g/mol. The second-order valence-electron chi connectivity index (χ2n) is 22.6. The van der Waals surface area contributed by atoms with Crippen LogP contribution in [0.2, 0.25) is 0 Å². The van der Waals surface area contributed by atoms with Crippen molar-refractivity contribution in [2.45, 2.75) is 187 Å². The molecule has 1 amide bonds. The smallest absolute Gasteiger partial charge is 0.407 e. The lowest BCUT2D eigenvalue weighted by atomic mass is 9.47. The fraction of sp³-hybridized carbons (Fsp3) is 0.656. The van der Waals surface area contributed by atoms with E-state index in [-0.39, 0.29) is 23.7 Å². The highest BCUT2D eigenvalue weighted by Crippen LogP contribution is 2.67. The summed E-state index contributed by atoms with van der Waals surface area (Å²) < 4.78 is 24.4. The third-order valence-electron chi connectivity index (χ3n) is 18.0.